The first-order valence-corrected chi connectivity index (χ1v) is 11.4. The van der Waals surface area contributed by atoms with Crippen molar-refractivity contribution in [3.05, 3.63) is 48.5 Å². The number of ketones is 1. The van der Waals surface area contributed by atoms with Crippen molar-refractivity contribution in [2.45, 2.75) is 65.3 Å². The Bertz CT molecular complexity index is 1050. The summed E-state index contributed by atoms with van der Waals surface area (Å²) in [6, 6.07) is 1.89. The van der Waals surface area contributed by atoms with Gasteiger partial charge in [0.15, 0.2) is 11.9 Å². The summed E-state index contributed by atoms with van der Waals surface area (Å²) in [5.74, 6) is 0.283. The van der Waals surface area contributed by atoms with Gasteiger partial charge in [-0.25, -0.2) is 4.79 Å². The zero-order valence-corrected chi connectivity index (χ0v) is 18.8. The van der Waals surface area contributed by atoms with Crippen LogP contribution >= 0.6 is 0 Å². The van der Waals surface area contributed by atoms with Crippen LogP contribution in [0.5, 0.6) is 0 Å². The van der Waals surface area contributed by atoms with E-state index in [1.807, 2.05) is 6.07 Å². The molecular weight excluding hydrogens is 392 g/mol. The maximum Gasteiger partial charge on any atom is 0.339 e. The first-order valence-electron chi connectivity index (χ1n) is 11.4. The second kappa shape index (κ2) is 5.43. The Balaban J connectivity index is 1.52. The molecule has 164 valence electrons. The van der Waals surface area contributed by atoms with E-state index in [-0.39, 0.29) is 39.8 Å². The van der Waals surface area contributed by atoms with E-state index in [1.165, 1.54) is 0 Å². The standard InChI is InChI=1S/C26H30O5/c1-22(2)16-6-11-24(4)17(23(16,3)10-8-18(22)27)7-12-25(5)19(15-9-13-29-14-15)30-21(28)20-26(24,25)31-20/h6,8-11,13-14,16-17,19-20H,7,12H2,1-5H3/t16?,17?,19?,20?,23-,24-,25-,26?/m0/s1. The second-order valence-electron chi connectivity index (χ2n) is 11.5. The molecule has 0 amide bonds. The molecule has 0 N–H and O–H groups in total. The lowest BCUT2D eigenvalue weighted by Gasteiger charge is -2.64. The lowest BCUT2D eigenvalue weighted by Crippen LogP contribution is -2.66. The lowest BCUT2D eigenvalue weighted by molar-refractivity contribution is -0.191. The van der Waals surface area contributed by atoms with Crippen LogP contribution in [0.2, 0.25) is 0 Å². The first-order chi connectivity index (χ1) is 14.5. The molecular formula is C26H30O5. The van der Waals surface area contributed by atoms with Crippen molar-refractivity contribution in [3.63, 3.8) is 0 Å². The van der Waals surface area contributed by atoms with E-state index in [9.17, 15) is 9.59 Å². The van der Waals surface area contributed by atoms with Crippen molar-refractivity contribution >= 4 is 11.8 Å². The van der Waals surface area contributed by atoms with Gasteiger partial charge in [0.2, 0.25) is 0 Å². The molecule has 8 atom stereocenters. The summed E-state index contributed by atoms with van der Waals surface area (Å²) in [7, 11) is 0. The number of hydrogen-bond donors (Lipinski definition) is 0. The lowest BCUT2D eigenvalue weighted by atomic mass is 9.38. The topological polar surface area (TPSA) is 69.0 Å². The van der Waals surface area contributed by atoms with Gasteiger partial charge in [0.1, 0.15) is 11.7 Å². The van der Waals surface area contributed by atoms with Crippen molar-refractivity contribution < 1.29 is 23.5 Å². The smallest absolute Gasteiger partial charge is 0.339 e. The van der Waals surface area contributed by atoms with Crippen LogP contribution in [0.25, 0.3) is 0 Å². The zero-order valence-electron chi connectivity index (χ0n) is 18.8. The quantitative estimate of drug-likeness (QED) is 0.370. The second-order valence-corrected chi connectivity index (χ2v) is 11.5. The van der Waals surface area contributed by atoms with E-state index in [4.69, 9.17) is 13.9 Å². The molecule has 5 heteroatoms. The number of ether oxygens (including phenoxy) is 2. The number of cyclic esters (lactones) is 1. The largest absolute Gasteiger partial charge is 0.472 e. The molecule has 2 aliphatic heterocycles. The normalized spacial score (nSPS) is 51.3. The molecule has 31 heavy (non-hydrogen) atoms. The fraction of sp³-hybridized carbons (Fsp3) is 0.615. The molecule has 2 saturated heterocycles. The van der Waals surface area contributed by atoms with Crippen LogP contribution in [0, 0.1) is 33.5 Å². The third-order valence-corrected chi connectivity index (χ3v) is 9.88. The van der Waals surface area contributed by atoms with Gasteiger partial charge in [-0.05, 0) is 42.2 Å². The molecule has 5 aliphatic rings. The van der Waals surface area contributed by atoms with Crippen LogP contribution in [-0.2, 0) is 19.1 Å². The van der Waals surface area contributed by atoms with Crippen LogP contribution < -0.4 is 0 Å². The van der Waals surface area contributed by atoms with Crippen LogP contribution in [0.1, 0.15) is 59.1 Å². The highest BCUT2D eigenvalue weighted by atomic mass is 16.7. The Kier molecular flexibility index (Phi) is 3.42. The number of epoxide rings is 1. The number of fused-ring (bicyclic) bond motifs is 3. The Hall–Kier alpha value is -2.14. The summed E-state index contributed by atoms with van der Waals surface area (Å²) >= 11 is 0. The van der Waals surface area contributed by atoms with Crippen LogP contribution in [-0.4, -0.2) is 23.5 Å². The molecule has 5 unspecified atom stereocenters. The summed E-state index contributed by atoms with van der Waals surface area (Å²) in [6.07, 6.45) is 12.7. The number of carbonyl (C=O) groups excluding carboxylic acids is 2. The number of hydrogen-bond acceptors (Lipinski definition) is 5. The van der Waals surface area contributed by atoms with Gasteiger partial charge in [-0.1, -0.05) is 52.8 Å². The van der Waals surface area contributed by atoms with Crippen molar-refractivity contribution in [2.75, 3.05) is 0 Å². The molecule has 3 fully saturated rings. The Morgan fingerprint density at radius 1 is 1.03 bits per heavy atom. The van der Waals surface area contributed by atoms with Gasteiger partial charge in [0.25, 0.3) is 0 Å². The number of furan rings is 1. The highest BCUT2D eigenvalue weighted by Gasteiger charge is 2.85. The minimum atomic E-state index is -0.621. The Labute approximate surface area is 182 Å². The number of carbonyl (C=O) groups is 2. The third kappa shape index (κ3) is 1.95. The van der Waals surface area contributed by atoms with Crippen LogP contribution in [0.15, 0.2) is 47.3 Å². The molecule has 5 nitrogen and oxygen atoms in total. The minimum Gasteiger partial charge on any atom is -0.472 e. The molecule has 1 aromatic heterocycles. The fourth-order valence-electron chi connectivity index (χ4n) is 8.29. The zero-order chi connectivity index (χ0) is 22.0. The first kappa shape index (κ1) is 19.5. The van der Waals surface area contributed by atoms with E-state index in [2.05, 4.69) is 52.8 Å². The van der Waals surface area contributed by atoms with E-state index in [0.29, 0.717) is 0 Å². The predicted octanol–water partition coefficient (Wildman–Crippen LogP) is 4.80. The van der Waals surface area contributed by atoms with E-state index >= 15 is 0 Å². The summed E-state index contributed by atoms with van der Waals surface area (Å²) < 4.78 is 17.7. The minimum absolute atomic E-state index is 0.119. The summed E-state index contributed by atoms with van der Waals surface area (Å²) in [4.78, 5) is 25.7. The summed E-state index contributed by atoms with van der Waals surface area (Å²) in [5.41, 5.74) is -1.08. The monoisotopic (exact) mass is 422 g/mol. The highest BCUT2D eigenvalue weighted by Crippen LogP contribution is 2.78. The number of esters is 1. The molecule has 0 radical (unpaired) electrons. The van der Waals surface area contributed by atoms with Gasteiger partial charge in [-0.15, -0.1) is 0 Å². The van der Waals surface area contributed by atoms with E-state index < -0.39 is 23.2 Å². The highest BCUT2D eigenvalue weighted by molar-refractivity contribution is 5.96. The molecule has 3 aliphatic carbocycles. The average Bonchev–Trinajstić information content (AvgIpc) is 3.28. The van der Waals surface area contributed by atoms with Gasteiger partial charge in [0, 0.05) is 21.8 Å². The van der Waals surface area contributed by atoms with E-state index in [1.54, 1.807) is 18.6 Å². The predicted molar refractivity (Wildman–Crippen MR) is 113 cm³/mol. The van der Waals surface area contributed by atoms with Gasteiger partial charge < -0.3 is 13.9 Å². The Morgan fingerprint density at radius 3 is 2.52 bits per heavy atom. The van der Waals surface area contributed by atoms with Crippen molar-refractivity contribution in [2.24, 2.45) is 33.5 Å². The fourth-order valence-corrected chi connectivity index (χ4v) is 8.29. The van der Waals surface area contributed by atoms with E-state index in [0.717, 1.165) is 18.4 Å². The SMILES string of the molecule is CC1(C)C(=O)C=C[C@@]2(C)C1C=C[C@@]1(C)C2CC[C@@]2(C)C(c3ccoc3)OC(=O)C3OC312. The third-order valence-electron chi connectivity index (χ3n) is 9.88. The van der Waals surface area contributed by atoms with Gasteiger partial charge in [-0.2, -0.15) is 0 Å². The maximum absolute atomic E-state index is 13.0. The molecule has 6 rings (SSSR count). The summed E-state index contributed by atoms with van der Waals surface area (Å²) in [6.45, 7) is 10.9. The van der Waals surface area contributed by atoms with Crippen LogP contribution in [0.4, 0.5) is 0 Å². The molecule has 0 aromatic carbocycles. The van der Waals surface area contributed by atoms with Crippen molar-refractivity contribution in [1.29, 1.82) is 0 Å². The number of allylic oxidation sites excluding steroid dienone is 3. The molecule has 1 spiro atoms. The number of rotatable bonds is 1. The van der Waals surface area contributed by atoms with Crippen molar-refractivity contribution in [1.82, 2.24) is 0 Å². The van der Waals surface area contributed by atoms with Gasteiger partial charge >= 0.3 is 5.97 Å². The molecule has 3 heterocycles. The molecule has 0 bridgehead atoms. The van der Waals surface area contributed by atoms with Gasteiger partial charge in [0.05, 0.1) is 12.5 Å². The average molecular weight is 423 g/mol. The Morgan fingerprint density at radius 2 is 1.81 bits per heavy atom. The summed E-state index contributed by atoms with van der Waals surface area (Å²) in [5, 5.41) is 0. The van der Waals surface area contributed by atoms with Crippen LogP contribution in [0.3, 0.4) is 0 Å². The molecule has 1 saturated carbocycles. The maximum atomic E-state index is 13.0. The molecule has 1 aromatic rings. The van der Waals surface area contributed by atoms with Gasteiger partial charge in [-0.3, -0.25) is 4.79 Å². The van der Waals surface area contributed by atoms with Crippen molar-refractivity contribution in [3.8, 4) is 0 Å².